The van der Waals surface area contributed by atoms with Crippen molar-refractivity contribution in [1.29, 1.82) is 0 Å². The second kappa shape index (κ2) is 7.51. The molecule has 0 aliphatic carbocycles. The smallest absolute Gasteiger partial charge is 0.243 e. The molecule has 1 aliphatic rings. The zero-order valence-electron chi connectivity index (χ0n) is 14.2. The molecule has 0 bridgehead atoms. The summed E-state index contributed by atoms with van der Waals surface area (Å²) in [7, 11) is 0. The Kier molecular flexibility index (Phi) is 5.40. The third-order valence-electron chi connectivity index (χ3n) is 4.30. The third-order valence-corrected chi connectivity index (χ3v) is 5.26. The minimum absolute atomic E-state index is 0.189. The molecule has 126 valence electrons. The zero-order chi connectivity index (χ0) is 16.2. The molecule has 1 atom stereocenters. The van der Waals surface area contributed by atoms with Crippen molar-refractivity contribution in [3.63, 3.8) is 0 Å². The van der Waals surface area contributed by atoms with E-state index in [9.17, 15) is 0 Å². The summed E-state index contributed by atoms with van der Waals surface area (Å²) in [6.45, 7) is 11.3. The van der Waals surface area contributed by atoms with E-state index in [4.69, 9.17) is 9.51 Å². The number of rotatable bonds is 6. The average Bonchev–Trinajstić information content (AvgIpc) is 3.17. The first-order chi connectivity index (χ1) is 11.2. The van der Waals surface area contributed by atoms with E-state index in [1.54, 1.807) is 11.3 Å². The van der Waals surface area contributed by atoms with Gasteiger partial charge in [-0.15, -0.1) is 11.3 Å². The summed E-state index contributed by atoms with van der Waals surface area (Å²) in [4.78, 5) is 14.0. The lowest BCUT2D eigenvalue weighted by molar-refractivity contribution is 0.0839. The van der Waals surface area contributed by atoms with Gasteiger partial charge < -0.3 is 4.52 Å². The molecular weight excluding hydrogens is 310 g/mol. The van der Waals surface area contributed by atoms with Gasteiger partial charge in [-0.25, -0.2) is 4.98 Å². The Morgan fingerprint density at radius 1 is 1.26 bits per heavy atom. The Balaban J connectivity index is 1.49. The molecule has 1 aliphatic heterocycles. The molecule has 0 amide bonds. The van der Waals surface area contributed by atoms with E-state index in [-0.39, 0.29) is 6.04 Å². The lowest BCUT2D eigenvalue weighted by Crippen LogP contribution is -2.46. The molecule has 0 unspecified atom stereocenters. The number of aromatic nitrogens is 3. The van der Waals surface area contributed by atoms with Gasteiger partial charge in [0.15, 0.2) is 5.82 Å². The maximum atomic E-state index is 5.30. The van der Waals surface area contributed by atoms with Gasteiger partial charge in [-0.1, -0.05) is 12.1 Å². The highest BCUT2D eigenvalue weighted by molar-refractivity contribution is 7.09. The molecule has 0 saturated carbocycles. The predicted molar refractivity (Wildman–Crippen MR) is 90.4 cm³/mol. The van der Waals surface area contributed by atoms with Crippen LogP contribution in [0, 0.1) is 6.92 Å². The van der Waals surface area contributed by atoms with E-state index in [1.165, 1.54) is 17.1 Å². The van der Waals surface area contributed by atoms with E-state index in [2.05, 4.69) is 39.2 Å². The standard InChI is InChI=1S/C16H25N5OS/c1-4-5-15-18-14(11-23-15)10-20-6-8-21(9-7-20)12(2)16-17-13(3)19-22-16/h11-12H,4-10H2,1-3H3/t12-/m0/s1. The van der Waals surface area contributed by atoms with Crippen LogP contribution in [0.4, 0.5) is 0 Å². The number of piperazine rings is 1. The van der Waals surface area contributed by atoms with Crippen LogP contribution in [0.15, 0.2) is 9.90 Å². The first-order valence-corrected chi connectivity index (χ1v) is 9.23. The summed E-state index contributed by atoms with van der Waals surface area (Å²) >= 11 is 1.79. The molecule has 2 aromatic heterocycles. The molecule has 2 aromatic rings. The molecule has 0 radical (unpaired) electrons. The minimum Gasteiger partial charge on any atom is -0.338 e. The maximum absolute atomic E-state index is 5.30. The van der Waals surface area contributed by atoms with Crippen LogP contribution in [0.25, 0.3) is 0 Å². The summed E-state index contributed by atoms with van der Waals surface area (Å²) in [6.07, 6.45) is 2.26. The second-order valence-electron chi connectivity index (χ2n) is 6.15. The largest absolute Gasteiger partial charge is 0.338 e. The van der Waals surface area contributed by atoms with E-state index < -0.39 is 0 Å². The Labute approximate surface area is 141 Å². The van der Waals surface area contributed by atoms with E-state index >= 15 is 0 Å². The summed E-state index contributed by atoms with van der Waals surface area (Å²) < 4.78 is 5.30. The van der Waals surface area contributed by atoms with Gasteiger partial charge in [-0.3, -0.25) is 9.80 Å². The Hall–Kier alpha value is -1.31. The van der Waals surface area contributed by atoms with Crippen molar-refractivity contribution in [2.45, 2.75) is 46.2 Å². The molecule has 7 heteroatoms. The Morgan fingerprint density at radius 2 is 2.04 bits per heavy atom. The lowest BCUT2D eigenvalue weighted by Gasteiger charge is -2.36. The first kappa shape index (κ1) is 16.5. The van der Waals surface area contributed by atoms with Gasteiger partial charge in [0.25, 0.3) is 0 Å². The molecule has 0 aromatic carbocycles. The van der Waals surface area contributed by atoms with Crippen LogP contribution in [-0.4, -0.2) is 51.1 Å². The minimum atomic E-state index is 0.189. The van der Waals surface area contributed by atoms with Gasteiger partial charge in [-0.05, 0) is 26.7 Å². The van der Waals surface area contributed by atoms with Gasteiger partial charge in [0.1, 0.15) is 0 Å². The highest BCUT2D eigenvalue weighted by atomic mass is 32.1. The van der Waals surface area contributed by atoms with Crippen molar-refractivity contribution in [3.05, 3.63) is 27.8 Å². The topological polar surface area (TPSA) is 58.3 Å². The van der Waals surface area contributed by atoms with Crippen LogP contribution < -0.4 is 0 Å². The van der Waals surface area contributed by atoms with Gasteiger partial charge in [0.2, 0.25) is 5.89 Å². The molecule has 6 nitrogen and oxygen atoms in total. The number of hydrogen-bond donors (Lipinski definition) is 0. The van der Waals surface area contributed by atoms with Crippen molar-refractivity contribution in [2.75, 3.05) is 26.2 Å². The average molecular weight is 335 g/mol. The molecular formula is C16H25N5OS. The Bertz CT molecular complexity index is 618. The fourth-order valence-electron chi connectivity index (χ4n) is 2.93. The lowest BCUT2D eigenvalue weighted by atomic mass is 10.2. The molecule has 3 rings (SSSR count). The van der Waals surface area contributed by atoms with E-state index in [1.807, 2.05) is 6.92 Å². The number of hydrogen-bond acceptors (Lipinski definition) is 7. The van der Waals surface area contributed by atoms with E-state index in [0.29, 0.717) is 5.82 Å². The molecule has 3 heterocycles. The van der Waals surface area contributed by atoms with Gasteiger partial charge in [0, 0.05) is 38.1 Å². The Morgan fingerprint density at radius 3 is 2.70 bits per heavy atom. The summed E-state index contributed by atoms with van der Waals surface area (Å²) in [5, 5.41) is 7.37. The number of nitrogens with zero attached hydrogens (tertiary/aromatic N) is 5. The van der Waals surface area contributed by atoms with Crippen molar-refractivity contribution in [3.8, 4) is 0 Å². The fraction of sp³-hybridized carbons (Fsp3) is 0.688. The monoisotopic (exact) mass is 335 g/mol. The third kappa shape index (κ3) is 4.16. The van der Waals surface area contributed by atoms with Crippen molar-refractivity contribution >= 4 is 11.3 Å². The predicted octanol–water partition coefficient (Wildman–Crippen LogP) is 2.67. The molecule has 1 saturated heterocycles. The first-order valence-electron chi connectivity index (χ1n) is 8.35. The molecule has 1 fully saturated rings. The number of aryl methyl sites for hydroxylation is 2. The number of thiazole rings is 1. The van der Waals surface area contributed by atoms with Crippen LogP contribution in [0.2, 0.25) is 0 Å². The van der Waals surface area contributed by atoms with Gasteiger partial charge >= 0.3 is 0 Å². The molecule has 0 spiro atoms. The van der Waals surface area contributed by atoms with Crippen molar-refractivity contribution < 1.29 is 4.52 Å². The molecule has 0 N–H and O–H groups in total. The van der Waals surface area contributed by atoms with Crippen LogP contribution in [0.5, 0.6) is 0 Å². The van der Waals surface area contributed by atoms with Crippen molar-refractivity contribution in [2.24, 2.45) is 0 Å². The normalized spacial score (nSPS) is 18.4. The van der Waals surface area contributed by atoms with Crippen LogP contribution in [-0.2, 0) is 13.0 Å². The van der Waals surface area contributed by atoms with Crippen LogP contribution in [0.1, 0.15) is 48.7 Å². The van der Waals surface area contributed by atoms with Gasteiger partial charge in [0.05, 0.1) is 16.7 Å². The SMILES string of the molecule is CCCc1nc(CN2CCN([C@@H](C)c3nc(C)no3)CC2)cs1. The fourth-order valence-corrected chi connectivity index (χ4v) is 3.82. The van der Waals surface area contributed by atoms with E-state index in [0.717, 1.165) is 45.0 Å². The molecule has 23 heavy (non-hydrogen) atoms. The summed E-state index contributed by atoms with van der Waals surface area (Å²) in [5.41, 5.74) is 1.22. The zero-order valence-corrected chi connectivity index (χ0v) is 15.0. The van der Waals surface area contributed by atoms with Crippen LogP contribution in [0.3, 0.4) is 0 Å². The summed E-state index contributed by atoms with van der Waals surface area (Å²) in [6, 6.07) is 0.189. The summed E-state index contributed by atoms with van der Waals surface area (Å²) in [5.74, 6) is 1.43. The van der Waals surface area contributed by atoms with Gasteiger partial charge in [-0.2, -0.15) is 4.98 Å². The second-order valence-corrected chi connectivity index (χ2v) is 7.09. The quantitative estimate of drug-likeness (QED) is 0.809. The maximum Gasteiger partial charge on any atom is 0.243 e. The highest BCUT2D eigenvalue weighted by Gasteiger charge is 2.25. The van der Waals surface area contributed by atoms with Crippen LogP contribution >= 0.6 is 11.3 Å². The highest BCUT2D eigenvalue weighted by Crippen LogP contribution is 2.21. The van der Waals surface area contributed by atoms with Crippen molar-refractivity contribution in [1.82, 2.24) is 24.9 Å².